The Morgan fingerprint density at radius 2 is 1.88 bits per heavy atom. The zero-order valence-electron chi connectivity index (χ0n) is 13.7. The van der Waals surface area contributed by atoms with E-state index >= 15 is 0 Å². The Hall–Kier alpha value is -2.15. The maximum atomic E-state index is 12.0. The van der Waals surface area contributed by atoms with Crippen LogP contribution < -0.4 is 10.6 Å². The zero-order valence-corrected chi connectivity index (χ0v) is 13.7. The molecule has 0 aromatic heterocycles. The molecule has 0 saturated carbocycles. The third kappa shape index (κ3) is 5.81. The van der Waals surface area contributed by atoms with Crippen LogP contribution in [0.2, 0.25) is 0 Å². The van der Waals surface area contributed by atoms with Crippen LogP contribution in [0.4, 0.5) is 9.18 Å². The molecule has 2 rings (SSSR count). The SMILES string of the molecule is O=C(NCCNC1CCN(C(=O)OCCF)CC1)c1ccccc1. The summed E-state index contributed by atoms with van der Waals surface area (Å²) in [5.41, 5.74) is 0.651. The minimum atomic E-state index is -0.654. The Morgan fingerprint density at radius 1 is 1.17 bits per heavy atom. The maximum Gasteiger partial charge on any atom is 0.409 e. The standard InChI is InChI=1S/C17H24FN3O3/c18-8-13-24-17(23)21-11-6-15(7-12-21)19-9-10-20-16(22)14-4-2-1-3-5-14/h1-5,15,19H,6-13H2,(H,20,22). The van der Waals surface area contributed by atoms with Crippen molar-refractivity contribution in [1.29, 1.82) is 0 Å². The molecule has 2 amide bonds. The van der Waals surface area contributed by atoms with Crippen LogP contribution >= 0.6 is 0 Å². The number of benzene rings is 1. The Labute approximate surface area is 141 Å². The molecular formula is C17H24FN3O3. The number of likely N-dealkylation sites (tertiary alicyclic amines) is 1. The van der Waals surface area contributed by atoms with E-state index in [9.17, 15) is 14.0 Å². The number of nitrogens with zero attached hydrogens (tertiary/aromatic N) is 1. The van der Waals surface area contributed by atoms with Gasteiger partial charge >= 0.3 is 6.09 Å². The molecule has 1 aromatic rings. The van der Waals surface area contributed by atoms with E-state index in [0.717, 1.165) is 12.8 Å². The average Bonchev–Trinajstić information content (AvgIpc) is 2.64. The van der Waals surface area contributed by atoms with E-state index in [1.165, 1.54) is 0 Å². The lowest BCUT2D eigenvalue weighted by molar-refractivity contribution is 0.0854. The van der Waals surface area contributed by atoms with Gasteiger partial charge in [-0.3, -0.25) is 4.79 Å². The third-order valence-corrected chi connectivity index (χ3v) is 3.94. The van der Waals surface area contributed by atoms with Crippen LogP contribution in [0.15, 0.2) is 30.3 Å². The molecule has 0 bridgehead atoms. The van der Waals surface area contributed by atoms with Crippen molar-refractivity contribution < 1.29 is 18.7 Å². The molecule has 0 aliphatic carbocycles. The van der Waals surface area contributed by atoms with Crippen molar-refractivity contribution in [1.82, 2.24) is 15.5 Å². The first-order chi connectivity index (χ1) is 11.7. The molecule has 24 heavy (non-hydrogen) atoms. The minimum Gasteiger partial charge on any atom is -0.447 e. The summed E-state index contributed by atoms with van der Waals surface area (Å²) < 4.78 is 16.8. The van der Waals surface area contributed by atoms with Crippen molar-refractivity contribution in [2.45, 2.75) is 18.9 Å². The van der Waals surface area contributed by atoms with E-state index in [1.807, 2.05) is 18.2 Å². The van der Waals surface area contributed by atoms with Crippen LogP contribution in [0.1, 0.15) is 23.2 Å². The smallest absolute Gasteiger partial charge is 0.409 e. The number of rotatable bonds is 7. The largest absolute Gasteiger partial charge is 0.447 e. The molecule has 2 N–H and O–H groups in total. The Balaban J connectivity index is 1.58. The fourth-order valence-electron chi connectivity index (χ4n) is 2.63. The van der Waals surface area contributed by atoms with Gasteiger partial charge in [-0.15, -0.1) is 0 Å². The molecule has 1 heterocycles. The highest BCUT2D eigenvalue weighted by Crippen LogP contribution is 2.11. The van der Waals surface area contributed by atoms with E-state index in [-0.39, 0.29) is 12.5 Å². The molecule has 6 nitrogen and oxygen atoms in total. The van der Waals surface area contributed by atoms with Gasteiger partial charge in [0.25, 0.3) is 5.91 Å². The summed E-state index contributed by atoms with van der Waals surface area (Å²) in [7, 11) is 0. The van der Waals surface area contributed by atoms with Gasteiger partial charge in [0.2, 0.25) is 0 Å². The molecule has 1 aliphatic rings. The Kier molecular flexibility index (Phi) is 7.48. The lowest BCUT2D eigenvalue weighted by Crippen LogP contribution is -2.46. The summed E-state index contributed by atoms with van der Waals surface area (Å²) in [5, 5.41) is 6.24. The quantitative estimate of drug-likeness (QED) is 0.741. The molecule has 7 heteroatoms. The number of carbonyl (C=O) groups excluding carboxylic acids is 2. The second-order valence-corrected chi connectivity index (χ2v) is 5.64. The monoisotopic (exact) mass is 337 g/mol. The average molecular weight is 337 g/mol. The highest BCUT2D eigenvalue weighted by molar-refractivity contribution is 5.94. The molecular weight excluding hydrogens is 313 g/mol. The number of hydrogen-bond acceptors (Lipinski definition) is 4. The normalized spacial score (nSPS) is 15.1. The maximum absolute atomic E-state index is 12.0. The number of amides is 2. The third-order valence-electron chi connectivity index (χ3n) is 3.94. The van der Waals surface area contributed by atoms with Crippen molar-refractivity contribution in [3.05, 3.63) is 35.9 Å². The molecule has 132 valence electrons. The highest BCUT2D eigenvalue weighted by Gasteiger charge is 2.23. The number of ether oxygens (including phenoxy) is 1. The first-order valence-electron chi connectivity index (χ1n) is 8.25. The van der Waals surface area contributed by atoms with Gasteiger partial charge in [0.1, 0.15) is 13.3 Å². The van der Waals surface area contributed by atoms with Crippen LogP contribution in [-0.4, -0.2) is 62.4 Å². The topological polar surface area (TPSA) is 70.7 Å². The van der Waals surface area contributed by atoms with Crippen LogP contribution in [0.25, 0.3) is 0 Å². The summed E-state index contributed by atoms with van der Waals surface area (Å²) >= 11 is 0. The van der Waals surface area contributed by atoms with Gasteiger partial charge in [0, 0.05) is 37.8 Å². The number of alkyl halides is 1. The lowest BCUT2D eigenvalue weighted by Gasteiger charge is -2.31. The first-order valence-corrected chi connectivity index (χ1v) is 8.25. The Morgan fingerprint density at radius 3 is 2.54 bits per heavy atom. The predicted molar refractivity (Wildman–Crippen MR) is 88.7 cm³/mol. The van der Waals surface area contributed by atoms with Crippen LogP contribution in [0, 0.1) is 0 Å². The molecule has 0 radical (unpaired) electrons. The number of carbonyl (C=O) groups is 2. The van der Waals surface area contributed by atoms with Crippen LogP contribution in [0.5, 0.6) is 0 Å². The summed E-state index contributed by atoms with van der Waals surface area (Å²) in [6.07, 6.45) is 1.19. The van der Waals surface area contributed by atoms with E-state index in [0.29, 0.717) is 37.8 Å². The molecule has 0 unspecified atom stereocenters. The van der Waals surface area contributed by atoms with Crippen molar-refractivity contribution >= 4 is 12.0 Å². The van der Waals surface area contributed by atoms with Crippen molar-refractivity contribution in [2.75, 3.05) is 39.5 Å². The van der Waals surface area contributed by atoms with Gasteiger partial charge in [0.05, 0.1) is 0 Å². The molecule has 1 aromatic carbocycles. The van der Waals surface area contributed by atoms with Crippen LogP contribution in [0.3, 0.4) is 0 Å². The van der Waals surface area contributed by atoms with Gasteiger partial charge in [0.15, 0.2) is 0 Å². The van der Waals surface area contributed by atoms with Gasteiger partial charge in [-0.05, 0) is 25.0 Å². The lowest BCUT2D eigenvalue weighted by atomic mass is 10.1. The van der Waals surface area contributed by atoms with Crippen molar-refractivity contribution in [2.24, 2.45) is 0 Å². The first kappa shape index (κ1) is 18.2. The van der Waals surface area contributed by atoms with E-state index in [2.05, 4.69) is 10.6 Å². The second-order valence-electron chi connectivity index (χ2n) is 5.64. The molecule has 1 saturated heterocycles. The number of nitrogens with one attached hydrogen (secondary N) is 2. The summed E-state index contributed by atoms with van der Waals surface area (Å²) in [4.78, 5) is 25.1. The van der Waals surface area contributed by atoms with E-state index in [1.54, 1.807) is 17.0 Å². The zero-order chi connectivity index (χ0) is 17.2. The predicted octanol–water partition coefficient (Wildman–Crippen LogP) is 1.58. The fourth-order valence-corrected chi connectivity index (χ4v) is 2.63. The van der Waals surface area contributed by atoms with Crippen LogP contribution in [-0.2, 0) is 4.74 Å². The van der Waals surface area contributed by atoms with Gasteiger partial charge < -0.3 is 20.3 Å². The van der Waals surface area contributed by atoms with Crippen molar-refractivity contribution in [3.63, 3.8) is 0 Å². The molecule has 0 atom stereocenters. The summed E-state index contributed by atoms with van der Waals surface area (Å²) in [6, 6.07) is 9.40. The van der Waals surface area contributed by atoms with Gasteiger partial charge in [-0.1, -0.05) is 18.2 Å². The fraction of sp³-hybridized carbons (Fsp3) is 0.529. The number of halogens is 1. The minimum absolute atomic E-state index is 0.0807. The summed E-state index contributed by atoms with van der Waals surface area (Å²) in [5.74, 6) is -0.0807. The molecule has 1 fully saturated rings. The van der Waals surface area contributed by atoms with E-state index < -0.39 is 12.8 Å². The Bertz CT molecular complexity index is 519. The number of hydrogen-bond donors (Lipinski definition) is 2. The number of piperidine rings is 1. The van der Waals surface area contributed by atoms with Gasteiger partial charge in [-0.25, -0.2) is 9.18 Å². The van der Waals surface area contributed by atoms with Gasteiger partial charge in [-0.2, -0.15) is 0 Å². The second kappa shape index (κ2) is 9.87. The summed E-state index contributed by atoms with van der Waals surface area (Å²) in [6.45, 7) is 1.58. The molecule has 0 spiro atoms. The van der Waals surface area contributed by atoms with E-state index in [4.69, 9.17) is 4.74 Å². The highest BCUT2D eigenvalue weighted by atomic mass is 19.1. The molecule has 1 aliphatic heterocycles. The van der Waals surface area contributed by atoms with Crippen molar-refractivity contribution in [3.8, 4) is 0 Å².